The summed E-state index contributed by atoms with van der Waals surface area (Å²) in [6.07, 6.45) is 1.99. The van der Waals surface area contributed by atoms with Crippen LogP contribution in [0.15, 0.2) is 17.6 Å². The minimum atomic E-state index is -0.458. The first-order chi connectivity index (χ1) is 6.10. The summed E-state index contributed by atoms with van der Waals surface area (Å²) in [5.74, 6) is -0.580. The Morgan fingerprint density at radius 3 is 2.69 bits per heavy atom. The van der Waals surface area contributed by atoms with E-state index in [0.29, 0.717) is 6.42 Å². The van der Waals surface area contributed by atoms with Crippen molar-refractivity contribution in [3.8, 4) is 0 Å². The van der Waals surface area contributed by atoms with E-state index in [9.17, 15) is 4.79 Å². The zero-order chi connectivity index (χ0) is 10.3. The molecule has 0 heterocycles. The average molecular weight is 185 g/mol. The van der Waals surface area contributed by atoms with Gasteiger partial charge in [0.25, 0.3) is 0 Å². The quantitative estimate of drug-likeness (QED) is 0.268. The number of rotatable bonds is 5. The fourth-order valence-corrected chi connectivity index (χ4v) is 0.660. The van der Waals surface area contributed by atoms with Crippen molar-refractivity contribution in [2.75, 3.05) is 6.54 Å². The lowest BCUT2D eigenvalue weighted by Crippen LogP contribution is -2.25. The molecule has 74 valence electrons. The van der Waals surface area contributed by atoms with Crippen LogP contribution in [0.2, 0.25) is 0 Å². The molecule has 0 aliphatic heterocycles. The van der Waals surface area contributed by atoms with E-state index in [1.54, 1.807) is 6.08 Å². The van der Waals surface area contributed by atoms with Gasteiger partial charge in [0.05, 0.1) is 0 Å². The van der Waals surface area contributed by atoms with Crippen LogP contribution < -0.4 is 11.5 Å². The number of nitrogens with zero attached hydrogens (tertiary/aromatic N) is 1. The van der Waals surface area contributed by atoms with E-state index < -0.39 is 5.97 Å². The summed E-state index contributed by atoms with van der Waals surface area (Å²) in [7, 11) is 0. The predicted molar refractivity (Wildman–Crippen MR) is 51.0 cm³/mol. The summed E-state index contributed by atoms with van der Waals surface area (Å²) in [4.78, 5) is 14.5. The Balaban J connectivity index is 3.86. The molecule has 1 unspecified atom stereocenters. The maximum Gasteiger partial charge on any atom is 0.328 e. The van der Waals surface area contributed by atoms with E-state index in [4.69, 9.17) is 16.2 Å². The van der Waals surface area contributed by atoms with Crippen molar-refractivity contribution in [3.63, 3.8) is 0 Å². The van der Waals surface area contributed by atoms with Crippen molar-refractivity contribution in [2.45, 2.75) is 19.4 Å². The van der Waals surface area contributed by atoms with Crippen LogP contribution in [0, 0.1) is 0 Å². The van der Waals surface area contributed by atoms with Crippen molar-refractivity contribution in [1.29, 1.82) is 0 Å². The van der Waals surface area contributed by atoms with Gasteiger partial charge >= 0.3 is 5.97 Å². The second-order valence-electron chi connectivity index (χ2n) is 2.41. The van der Waals surface area contributed by atoms with Crippen molar-refractivity contribution >= 4 is 11.9 Å². The summed E-state index contributed by atoms with van der Waals surface area (Å²) in [6, 6.07) is 0. The fraction of sp³-hybridized carbons (Fsp3) is 0.500. The van der Waals surface area contributed by atoms with Crippen LogP contribution in [-0.4, -0.2) is 24.6 Å². The number of nitrogens with two attached hydrogens (primary N) is 2. The number of carbonyl (C=O) groups is 1. The number of ether oxygens (including phenoxy) is 1. The van der Waals surface area contributed by atoms with Crippen LogP contribution in [0.25, 0.3) is 0 Å². The molecule has 13 heavy (non-hydrogen) atoms. The molecular formula is C8H15N3O2. The van der Waals surface area contributed by atoms with Gasteiger partial charge in [0.2, 0.25) is 0 Å². The van der Waals surface area contributed by atoms with Crippen LogP contribution in [-0.2, 0) is 9.53 Å². The molecule has 0 aliphatic carbocycles. The molecule has 0 aromatic carbocycles. The van der Waals surface area contributed by atoms with Crippen LogP contribution in [0.4, 0.5) is 0 Å². The minimum absolute atomic E-state index is 0.122. The smallest absolute Gasteiger partial charge is 0.328 e. The number of hydrogen-bond donors (Lipinski definition) is 2. The van der Waals surface area contributed by atoms with Crippen LogP contribution in [0.5, 0.6) is 0 Å². The number of carbonyl (C=O) groups excluding carboxylic acids is 1. The molecule has 0 bridgehead atoms. The van der Waals surface area contributed by atoms with Gasteiger partial charge in [0.15, 0.2) is 5.96 Å². The van der Waals surface area contributed by atoms with Crippen molar-refractivity contribution in [3.05, 3.63) is 12.7 Å². The third-order valence-corrected chi connectivity index (χ3v) is 1.34. The fourth-order valence-electron chi connectivity index (χ4n) is 0.660. The molecule has 0 saturated carbocycles. The average Bonchev–Trinajstić information content (AvgIpc) is 2.10. The van der Waals surface area contributed by atoms with E-state index in [1.165, 1.54) is 0 Å². The number of hydrogen-bond acceptors (Lipinski definition) is 3. The summed E-state index contributed by atoms with van der Waals surface area (Å²) in [6.45, 7) is 5.26. The molecule has 0 radical (unpaired) electrons. The highest BCUT2D eigenvalue weighted by Gasteiger charge is 2.07. The largest absolute Gasteiger partial charge is 0.457 e. The van der Waals surface area contributed by atoms with Crippen molar-refractivity contribution in [2.24, 2.45) is 16.5 Å². The predicted octanol–water partition coefficient (Wildman–Crippen LogP) is -0.232. The minimum Gasteiger partial charge on any atom is -0.457 e. The third-order valence-electron chi connectivity index (χ3n) is 1.34. The highest BCUT2D eigenvalue weighted by atomic mass is 16.5. The van der Waals surface area contributed by atoms with Gasteiger partial charge in [-0.2, -0.15) is 0 Å². The third kappa shape index (κ3) is 5.72. The Morgan fingerprint density at radius 2 is 2.31 bits per heavy atom. The zero-order valence-electron chi connectivity index (χ0n) is 7.69. The maximum absolute atomic E-state index is 11.0. The topological polar surface area (TPSA) is 90.7 Å². The Bertz CT molecular complexity index is 209. The molecule has 0 aromatic heterocycles. The van der Waals surface area contributed by atoms with Gasteiger partial charge in [-0.25, -0.2) is 4.99 Å². The van der Waals surface area contributed by atoms with Crippen molar-refractivity contribution < 1.29 is 9.53 Å². The molecule has 5 nitrogen and oxygen atoms in total. The summed E-state index contributed by atoms with van der Waals surface area (Å²) in [5, 5.41) is 0. The molecule has 0 fully saturated rings. The Morgan fingerprint density at radius 1 is 1.69 bits per heavy atom. The summed E-state index contributed by atoms with van der Waals surface area (Å²) >= 11 is 0. The lowest BCUT2D eigenvalue weighted by molar-refractivity contribution is -0.145. The second-order valence-corrected chi connectivity index (χ2v) is 2.41. The maximum atomic E-state index is 11.0. The molecule has 0 saturated heterocycles. The Labute approximate surface area is 77.5 Å². The van der Waals surface area contributed by atoms with Gasteiger partial charge in [-0.15, -0.1) is 0 Å². The zero-order valence-corrected chi connectivity index (χ0v) is 7.69. The SMILES string of the molecule is C=CC(CC)OC(=O)CN=C(N)N. The number of esters is 1. The van der Waals surface area contributed by atoms with Crippen LogP contribution in [0.1, 0.15) is 13.3 Å². The van der Waals surface area contributed by atoms with Gasteiger partial charge in [-0.1, -0.05) is 19.6 Å². The van der Waals surface area contributed by atoms with Gasteiger partial charge < -0.3 is 16.2 Å². The number of aliphatic imine (C=N–C) groups is 1. The van der Waals surface area contributed by atoms with E-state index in [-0.39, 0.29) is 18.6 Å². The summed E-state index contributed by atoms with van der Waals surface area (Å²) in [5.41, 5.74) is 10.1. The first-order valence-electron chi connectivity index (χ1n) is 3.97. The normalized spacial score (nSPS) is 11.5. The van der Waals surface area contributed by atoms with E-state index >= 15 is 0 Å². The Hall–Kier alpha value is -1.52. The van der Waals surface area contributed by atoms with Crippen LogP contribution in [0.3, 0.4) is 0 Å². The highest BCUT2D eigenvalue weighted by molar-refractivity contribution is 5.80. The summed E-state index contributed by atoms with van der Waals surface area (Å²) < 4.78 is 4.92. The molecule has 0 aliphatic rings. The van der Waals surface area contributed by atoms with E-state index in [2.05, 4.69) is 11.6 Å². The highest BCUT2D eigenvalue weighted by Crippen LogP contribution is 1.98. The van der Waals surface area contributed by atoms with Gasteiger partial charge in [0.1, 0.15) is 12.6 Å². The molecular weight excluding hydrogens is 170 g/mol. The number of guanidine groups is 1. The molecule has 4 N–H and O–H groups in total. The lowest BCUT2D eigenvalue weighted by atomic mass is 10.3. The first-order valence-corrected chi connectivity index (χ1v) is 3.97. The molecule has 0 spiro atoms. The molecule has 1 atom stereocenters. The van der Waals surface area contributed by atoms with Gasteiger partial charge in [0, 0.05) is 0 Å². The lowest BCUT2D eigenvalue weighted by Gasteiger charge is -2.09. The molecule has 5 heteroatoms. The second kappa shape index (κ2) is 6.05. The molecule has 0 aromatic rings. The van der Waals surface area contributed by atoms with Crippen LogP contribution >= 0.6 is 0 Å². The molecule has 0 amide bonds. The molecule has 0 rings (SSSR count). The van der Waals surface area contributed by atoms with Gasteiger partial charge in [-0.05, 0) is 6.42 Å². The monoisotopic (exact) mass is 185 g/mol. The van der Waals surface area contributed by atoms with E-state index in [1.807, 2.05) is 6.92 Å². The van der Waals surface area contributed by atoms with Crippen molar-refractivity contribution in [1.82, 2.24) is 0 Å². The van der Waals surface area contributed by atoms with E-state index in [0.717, 1.165) is 0 Å². The standard InChI is InChI=1S/C8H15N3O2/c1-3-6(4-2)13-7(12)5-11-8(9)10/h3,6H,1,4-5H2,2H3,(H4,9,10,11). The van der Waals surface area contributed by atoms with Gasteiger partial charge in [-0.3, -0.25) is 4.79 Å². The Kier molecular flexibility index (Phi) is 5.34. The first kappa shape index (κ1) is 11.5.